The Labute approximate surface area is 119 Å². The van der Waals surface area contributed by atoms with Crippen molar-refractivity contribution in [1.82, 2.24) is 0 Å². The average molecular weight is 289 g/mol. The summed E-state index contributed by atoms with van der Waals surface area (Å²) in [4.78, 5) is 24.4. The van der Waals surface area contributed by atoms with Crippen LogP contribution < -0.4 is 5.32 Å². The number of hydrogen-bond donors (Lipinski definition) is 1. The van der Waals surface area contributed by atoms with Gasteiger partial charge < -0.3 is 5.32 Å². The molecule has 2 heterocycles. The number of carbonyl (C=O) groups is 2. The fourth-order valence-corrected chi connectivity index (χ4v) is 4.17. The van der Waals surface area contributed by atoms with Crippen LogP contribution in [0.5, 0.6) is 0 Å². The Morgan fingerprint density at radius 3 is 2.79 bits per heavy atom. The number of nitrogens with one attached hydrogen (secondary N) is 1. The Morgan fingerprint density at radius 1 is 1.21 bits per heavy atom. The van der Waals surface area contributed by atoms with Gasteiger partial charge in [0.05, 0.1) is 4.21 Å². The van der Waals surface area contributed by atoms with E-state index >= 15 is 0 Å². The van der Waals surface area contributed by atoms with Crippen molar-refractivity contribution in [2.75, 3.05) is 11.1 Å². The molecule has 1 unspecified atom stereocenters. The first-order valence-electron chi connectivity index (χ1n) is 5.86. The van der Waals surface area contributed by atoms with Crippen molar-refractivity contribution in [1.29, 1.82) is 0 Å². The van der Waals surface area contributed by atoms with Crippen molar-refractivity contribution in [3.05, 3.63) is 47.3 Å². The lowest BCUT2D eigenvalue weighted by atomic mass is 10.00. The minimum absolute atomic E-state index is 0.0663. The molecule has 1 aliphatic rings. The summed E-state index contributed by atoms with van der Waals surface area (Å²) in [5.41, 5.74) is 1.41. The predicted octanol–water partition coefficient (Wildman–Crippen LogP) is 3.29. The van der Waals surface area contributed by atoms with Crippen LogP contribution in [0.3, 0.4) is 0 Å². The number of thioether (sulfide) groups is 1. The summed E-state index contributed by atoms with van der Waals surface area (Å²) >= 11 is 3.14. The zero-order valence-electron chi connectivity index (χ0n) is 9.96. The fraction of sp³-hybridized carbons (Fsp3) is 0.143. The van der Waals surface area contributed by atoms with Gasteiger partial charge in [-0.2, -0.15) is 0 Å². The molecule has 1 atom stereocenters. The lowest BCUT2D eigenvalue weighted by Gasteiger charge is -2.19. The van der Waals surface area contributed by atoms with E-state index in [2.05, 4.69) is 5.32 Å². The van der Waals surface area contributed by atoms with E-state index in [1.54, 1.807) is 29.2 Å². The van der Waals surface area contributed by atoms with Gasteiger partial charge in [0, 0.05) is 17.0 Å². The Kier molecular flexibility index (Phi) is 3.40. The first kappa shape index (κ1) is 12.4. The first-order valence-corrected chi connectivity index (χ1v) is 7.72. The van der Waals surface area contributed by atoms with E-state index in [1.807, 2.05) is 35.7 Å². The minimum atomic E-state index is -0.590. The predicted molar refractivity (Wildman–Crippen MR) is 77.9 cm³/mol. The molecule has 0 fully saturated rings. The van der Waals surface area contributed by atoms with Gasteiger partial charge in [-0.25, -0.2) is 0 Å². The minimum Gasteiger partial charge on any atom is -0.325 e. The van der Waals surface area contributed by atoms with Gasteiger partial charge in [0.15, 0.2) is 5.78 Å². The molecule has 0 aliphatic carbocycles. The number of anilines is 1. The molecule has 1 aliphatic heterocycles. The fourth-order valence-electron chi connectivity index (χ4n) is 1.96. The number of benzene rings is 1. The molecule has 0 bridgehead atoms. The summed E-state index contributed by atoms with van der Waals surface area (Å²) in [6, 6.07) is 11.0. The molecule has 0 radical (unpaired) electrons. The summed E-state index contributed by atoms with van der Waals surface area (Å²) in [5.74, 6) is -0.360. The van der Waals surface area contributed by atoms with Crippen LogP contribution in [0.25, 0.3) is 0 Å². The Hall–Kier alpha value is -1.59. The van der Waals surface area contributed by atoms with Gasteiger partial charge >= 0.3 is 0 Å². The average Bonchev–Trinajstić information content (AvgIpc) is 2.89. The Balaban J connectivity index is 1.77. The zero-order valence-corrected chi connectivity index (χ0v) is 11.6. The van der Waals surface area contributed by atoms with Crippen LogP contribution in [0.1, 0.15) is 10.4 Å². The molecule has 3 nitrogen and oxygen atoms in total. The molecule has 0 saturated carbocycles. The Morgan fingerprint density at radius 2 is 2.00 bits per heavy atom. The number of fused-ring (bicyclic) bond motifs is 1. The lowest BCUT2D eigenvalue weighted by Crippen LogP contribution is -2.33. The van der Waals surface area contributed by atoms with Crippen molar-refractivity contribution in [3.63, 3.8) is 0 Å². The van der Waals surface area contributed by atoms with Crippen molar-refractivity contribution in [2.24, 2.45) is 5.92 Å². The van der Waals surface area contributed by atoms with Gasteiger partial charge in [-0.3, -0.25) is 9.59 Å². The maximum atomic E-state index is 12.2. The number of rotatable bonds is 2. The topological polar surface area (TPSA) is 46.2 Å². The number of ketones is 1. The number of Topliss-reactive ketones (excluding diaryl/α,β-unsaturated/α-hetero) is 1. The number of hydrogen-bond acceptors (Lipinski definition) is 4. The van der Waals surface area contributed by atoms with Crippen LogP contribution in [0, 0.1) is 5.92 Å². The second-order valence-electron chi connectivity index (χ2n) is 4.20. The molecule has 0 spiro atoms. The van der Waals surface area contributed by atoms with Gasteiger partial charge in [0.25, 0.3) is 0 Å². The highest BCUT2D eigenvalue weighted by atomic mass is 32.2. The molecule has 19 heavy (non-hydrogen) atoms. The third-order valence-electron chi connectivity index (χ3n) is 2.95. The van der Waals surface area contributed by atoms with Gasteiger partial charge in [0.1, 0.15) is 5.92 Å². The van der Waals surface area contributed by atoms with Crippen LogP contribution in [0.2, 0.25) is 0 Å². The number of thiophene rings is 1. The van der Waals surface area contributed by atoms with E-state index in [0.717, 1.165) is 9.90 Å². The van der Waals surface area contributed by atoms with Crippen molar-refractivity contribution in [3.8, 4) is 0 Å². The molecular formula is C14H11NO2S2. The number of para-hydroxylation sites is 1. The summed E-state index contributed by atoms with van der Waals surface area (Å²) in [6.45, 7) is 0. The van der Waals surface area contributed by atoms with E-state index in [-0.39, 0.29) is 11.7 Å². The van der Waals surface area contributed by atoms with E-state index in [9.17, 15) is 9.59 Å². The standard InChI is InChI=1S/C14H11NO2S2/c16-12-10-6-7-18-14(10)19-8-11(12)13(17)15-9-4-2-1-3-5-9/h1-7,11H,8H2,(H,15,17). The second kappa shape index (κ2) is 5.19. The second-order valence-corrected chi connectivity index (χ2v) is 6.41. The van der Waals surface area contributed by atoms with Crippen LogP contribution in [-0.2, 0) is 4.79 Å². The third-order valence-corrected chi connectivity index (χ3v) is 5.28. The lowest BCUT2D eigenvalue weighted by molar-refractivity contribution is -0.118. The van der Waals surface area contributed by atoms with Gasteiger partial charge in [-0.05, 0) is 23.6 Å². The number of amides is 1. The highest BCUT2D eigenvalue weighted by Crippen LogP contribution is 2.37. The summed E-state index contributed by atoms with van der Waals surface area (Å²) in [7, 11) is 0. The SMILES string of the molecule is O=C(Nc1ccccc1)C1CSc2sccc2C1=O. The van der Waals surface area contributed by atoms with Gasteiger partial charge in [0.2, 0.25) is 5.91 Å². The third kappa shape index (κ3) is 2.43. The first-order chi connectivity index (χ1) is 9.25. The van der Waals surface area contributed by atoms with Crippen LogP contribution in [0.15, 0.2) is 46.0 Å². The highest BCUT2D eigenvalue weighted by molar-refractivity contribution is 8.01. The van der Waals surface area contributed by atoms with Gasteiger partial charge in [-0.1, -0.05) is 18.2 Å². The maximum Gasteiger partial charge on any atom is 0.236 e. The zero-order chi connectivity index (χ0) is 13.2. The van der Waals surface area contributed by atoms with Crippen molar-refractivity contribution < 1.29 is 9.59 Å². The maximum absolute atomic E-state index is 12.2. The molecule has 1 aromatic heterocycles. The normalized spacial score (nSPS) is 17.9. The largest absolute Gasteiger partial charge is 0.325 e. The highest BCUT2D eigenvalue weighted by Gasteiger charge is 2.34. The van der Waals surface area contributed by atoms with E-state index in [1.165, 1.54) is 0 Å². The summed E-state index contributed by atoms with van der Waals surface area (Å²) in [5, 5.41) is 4.69. The van der Waals surface area contributed by atoms with Crippen LogP contribution in [0.4, 0.5) is 5.69 Å². The molecule has 1 N–H and O–H groups in total. The molecule has 3 rings (SSSR count). The van der Waals surface area contributed by atoms with E-state index < -0.39 is 5.92 Å². The molecule has 96 valence electrons. The van der Waals surface area contributed by atoms with E-state index in [0.29, 0.717) is 11.3 Å². The molecule has 2 aromatic rings. The Bertz CT molecular complexity index is 621. The van der Waals surface area contributed by atoms with Crippen LogP contribution in [-0.4, -0.2) is 17.4 Å². The van der Waals surface area contributed by atoms with Crippen LogP contribution >= 0.6 is 23.1 Å². The summed E-state index contributed by atoms with van der Waals surface area (Å²) < 4.78 is 1.02. The molecule has 0 saturated heterocycles. The van der Waals surface area contributed by atoms with Gasteiger partial charge in [-0.15, -0.1) is 23.1 Å². The molecule has 1 aromatic carbocycles. The molecule has 1 amide bonds. The number of carbonyl (C=O) groups excluding carboxylic acids is 2. The molecular weight excluding hydrogens is 278 g/mol. The monoisotopic (exact) mass is 289 g/mol. The van der Waals surface area contributed by atoms with E-state index in [4.69, 9.17) is 0 Å². The van der Waals surface area contributed by atoms with Crippen molar-refractivity contribution >= 4 is 40.5 Å². The quantitative estimate of drug-likeness (QED) is 0.863. The van der Waals surface area contributed by atoms with Crippen molar-refractivity contribution in [2.45, 2.75) is 4.21 Å². The smallest absolute Gasteiger partial charge is 0.236 e. The molecule has 5 heteroatoms. The summed E-state index contributed by atoms with van der Waals surface area (Å²) in [6.07, 6.45) is 0.